The second-order valence-corrected chi connectivity index (χ2v) is 4.56. The molecular formula is C12H17ClN4. The molecule has 2 rings (SSSR count). The van der Waals surface area contributed by atoms with E-state index >= 15 is 0 Å². The molecule has 0 amide bonds. The summed E-state index contributed by atoms with van der Waals surface area (Å²) in [5.41, 5.74) is 0. The minimum Gasteiger partial charge on any atom is -0.354 e. The monoisotopic (exact) mass is 252 g/mol. The quantitative estimate of drug-likeness (QED) is 0.606. The largest absolute Gasteiger partial charge is 0.354 e. The molecule has 0 unspecified atom stereocenters. The van der Waals surface area contributed by atoms with E-state index < -0.39 is 0 Å². The molecule has 1 fully saturated rings. The molecule has 0 bridgehead atoms. The summed E-state index contributed by atoms with van der Waals surface area (Å²) in [4.78, 5) is 13.1. The Kier molecular flexibility index (Phi) is 3.97. The van der Waals surface area contributed by atoms with Crippen LogP contribution in [0.15, 0.2) is 18.7 Å². The summed E-state index contributed by atoms with van der Waals surface area (Å²) in [6.45, 7) is 10.6. The van der Waals surface area contributed by atoms with Crippen LogP contribution in [0.4, 0.5) is 5.82 Å². The molecule has 17 heavy (non-hydrogen) atoms. The predicted molar refractivity (Wildman–Crippen MR) is 70.6 cm³/mol. The highest BCUT2D eigenvalue weighted by atomic mass is 35.5. The molecule has 0 aromatic carbocycles. The van der Waals surface area contributed by atoms with Gasteiger partial charge in [0.2, 0.25) is 0 Å². The number of anilines is 1. The Morgan fingerprint density at radius 1 is 1.35 bits per heavy atom. The third-order valence-electron chi connectivity index (χ3n) is 2.88. The van der Waals surface area contributed by atoms with Gasteiger partial charge in [0, 0.05) is 38.8 Å². The van der Waals surface area contributed by atoms with E-state index in [1.807, 2.05) is 19.1 Å². The molecule has 5 heteroatoms. The second-order valence-electron chi connectivity index (χ2n) is 4.17. The van der Waals surface area contributed by atoms with Crippen molar-refractivity contribution in [1.29, 1.82) is 0 Å². The van der Waals surface area contributed by atoms with Gasteiger partial charge in [0.05, 0.1) is 0 Å². The Morgan fingerprint density at radius 3 is 2.65 bits per heavy atom. The van der Waals surface area contributed by atoms with Gasteiger partial charge in [0.1, 0.15) is 16.8 Å². The van der Waals surface area contributed by atoms with Crippen molar-refractivity contribution in [3.8, 4) is 0 Å². The van der Waals surface area contributed by atoms with Crippen LogP contribution in [0, 0.1) is 6.92 Å². The molecule has 0 saturated carbocycles. The maximum Gasteiger partial charge on any atom is 0.134 e. The van der Waals surface area contributed by atoms with Gasteiger partial charge in [-0.3, -0.25) is 4.90 Å². The van der Waals surface area contributed by atoms with Crippen LogP contribution < -0.4 is 4.90 Å². The van der Waals surface area contributed by atoms with Crippen molar-refractivity contribution in [2.24, 2.45) is 0 Å². The molecule has 1 aromatic heterocycles. The third-order valence-corrected chi connectivity index (χ3v) is 3.07. The number of aryl methyl sites for hydroxylation is 1. The van der Waals surface area contributed by atoms with E-state index in [9.17, 15) is 0 Å². The Bertz CT molecular complexity index is 379. The molecule has 0 N–H and O–H groups in total. The molecule has 1 aromatic rings. The van der Waals surface area contributed by atoms with Crippen LogP contribution in [0.25, 0.3) is 0 Å². The average molecular weight is 253 g/mol. The average Bonchev–Trinajstić information content (AvgIpc) is 2.29. The Hall–Kier alpha value is -1.13. The first-order valence-corrected chi connectivity index (χ1v) is 6.16. The minimum absolute atomic E-state index is 0.515. The van der Waals surface area contributed by atoms with E-state index in [1.54, 1.807) is 0 Å². The van der Waals surface area contributed by atoms with Crippen molar-refractivity contribution in [3.05, 3.63) is 29.7 Å². The van der Waals surface area contributed by atoms with E-state index in [4.69, 9.17) is 11.6 Å². The zero-order valence-corrected chi connectivity index (χ0v) is 10.8. The van der Waals surface area contributed by atoms with Crippen LogP contribution in [0.5, 0.6) is 0 Å². The lowest BCUT2D eigenvalue weighted by atomic mass is 10.3. The number of aromatic nitrogens is 2. The number of halogens is 1. The number of hydrogen-bond donors (Lipinski definition) is 0. The fourth-order valence-electron chi connectivity index (χ4n) is 2.02. The highest BCUT2D eigenvalue weighted by Gasteiger charge is 2.17. The zero-order chi connectivity index (χ0) is 12.3. The fourth-order valence-corrected chi connectivity index (χ4v) is 2.24. The standard InChI is InChI=1S/C12H17ClN4/c1-3-4-16-5-7-17(8-6-16)12-9-11(13)14-10(2)15-12/h3,9H,1,4-8H2,2H3. The van der Waals surface area contributed by atoms with Gasteiger partial charge in [0.15, 0.2) is 0 Å². The molecule has 2 heterocycles. The van der Waals surface area contributed by atoms with Gasteiger partial charge in [-0.2, -0.15) is 0 Å². The smallest absolute Gasteiger partial charge is 0.134 e. The van der Waals surface area contributed by atoms with Crippen LogP contribution in [0.1, 0.15) is 5.82 Å². The highest BCUT2D eigenvalue weighted by Crippen LogP contribution is 2.17. The normalized spacial score (nSPS) is 17.2. The first kappa shape index (κ1) is 12.3. The molecule has 92 valence electrons. The molecule has 0 spiro atoms. The first-order valence-electron chi connectivity index (χ1n) is 5.78. The van der Waals surface area contributed by atoms with Crippen molar-refractivity contribution < 1.29 is 0 Å². The van der Waals surface area contributed by atoms with Crippen molar-refractivity contribution in [1.82, 2.24) is 14.9 Å². The summed E-state index contributed by atoms with van der Waals surface area (Å²) >= 11 is 5.95. The number of rotatable bonds is 3. The molecule has 4 nitrogen and oxygen atoms in total. The molecule has 1 saturated heterocycles. The summed E-state index contributed by atoms with van der Waals surface area (Å²) < 4.78 is 0. The van der Waals surface area contributed by atoms with Crippen LogP contribution >= 0.6 is 11.6 Å². The molecule has 0 aliphatic carbocycles. The van der Waals surface area contributed by atoms with Gasteiger partial charge >= 0.3 is 0 Å². The van der Waals surface area contributed by atoms with Crippen LogP contribution in [-0.2, 0) is 0 Å². The number of nitrogens with zero attached hydrogens (tertiary/aromatic N) is 4. The van der Waals surface area contributed by atoms with Gasteiger partial charge in [-0.05, 0) is 6.92 Å². The highest BCUT2D eigenvalue weighted by molar-refractivity contribution is 6.29. The maximum absolute atomic E-state index is 5.95. The predicted octanol–water partition coefficient (Wildman–Crippen LogP) is 1.75. The van der Waals surface area contributed by atoms with Crippen molar-refractivity contribution in [3.63, 3.8) is 0 Å². The zero-order valence-electron chi connectivity index (χ0n) is 10.1. The van der Waals surface area contributed by atoms with E-state index in [1.165, 1.54) is 0 Å². The lowest BCUT2D eigenvalue weighted by Gasteiger charge is -2.34. The Balaban J connectivity index is 2.02. The summed E-state index contributed by atoms with van der Waals surface area (Å²) in [6, 6.07) is 1.83. The summed E-state index contributed by atoms with van der Waals surface area (Å²) in [6.07, 6.45) is 1.95. The van der Waals surface area contributed by atoms with E-state index in [-0.39, 0.29) is 0 Å². The summed E-state index contributed by atoms with van der Waals surface area (Å²) in [5, 5.41) is 0.515. The van der Waals surface area contributed by atoms with Crippen molar-refractivity contribution >= 4 is 17.4 Å². The van der Waals surface area contributed by atoms with Gasteiger partial charge < -0.3 is 4.90 Å². The molecule has 0 radical (unpaired) electrons. The maximum atomic E-state index is 5.95. The van der Waals surface area contributed by atoms with Crippen LogP contribution in [0.3, 0.4) is 0 Å². The molecule has 0 atom stereocenters. The van der Waals surface area contributed by atoms with Crippen LogP contribution in [-0.4, -0.2) is 47.6 Å². The summed E-state index contributed by atoms with van der Waals surface area (Å²) in [5.74, 6) is 1.65. The number of piperazine rings is 1. The molecule has 1 aliphatic heterocycles. The van der Waals surface area contributed by atoms with Gasteiger partial charge in [-0.25, -0.2) is 9.97 Å². The SMILES string of the molecule is C=CCN1CCN(c2cc(Cl)nc(C)n2)CC1. The van der Waals surface area contributed by atoms with Gasteiger partial charge in [0.25, 0.3) is 0 Å². The van der Waals surface area contributed by atoms with E-state index in [0.717, 1.165) is 44.4 Å². The Morgan fingerprint density at radius 2 is 2.06 bits per heavy atom. The number of hydrogen-bond acceptors (Lipinski definition) is 4. The lowest BCUT2D eigenvalue weighted by Crippen LogP contribution is -2.46. The third kappa shape index (κ3) is 3.17. The lowest BCUT2D eigenvalue weighted by molar-refractivity contribution is 0.283. The Labute approximate surface area is 107 Å². The molecule has 1 aliphatic rings. The topological polar surface area (TPSA) is 32.3 Å². The molecular weight excluding hydrogens is 236 g/mol. The van der Waals surface area contributed by atoms with E-state index in [0.29, 0.717) is 5.15 Å². The van der Waals surface area contributed by atoms with E-state index in [2.05, 4.69) is 26.3 Å². The fraction of sp³-hybridized carbons (Fsp3) is 0.500. The van der Waals surface area contributed by atoms with Crippen molar-refractivity contribution in [2.75, 3.05) is 37.6 Å². The van der Waals surface area contributed by atoms with Crippen molar-refractivity contribution in [2.45, 2.75) is 6.92 Å². The second kappa shape index (κ2) is 5.47. The summed E-state index contributed by atoms with van der Waals surface area (Å²) in [7, 11) is 0. The minimum atomic E-state index is 0.515. The first-order chi connectivity index (χ1) is 8.19. The van der Waals surface area contributed by atoms with Crippen LogP contribution in [0.2, 0.25) is 5.15 Å². The van der Waals surface area contributed by atoms with Gasteiger partial charge in [-0.15, -0.1) is 6.58 Å². The van der Waals surface area contributed by atoms with Gasteiger partial charge in [-0.1, -0.05) is 17.7 Å².